The highest BCUT2D eigenvalue weighted by Crippen LogP contribution is 2.38. The second kappa shape index (κ2) is 15.7. The molecule has 3 saturated heterocycles. The SMILES string of the molecule is CC(=O)N[C@H]1[C@H]([C@H](O)[C@H](O)CNC(=O)c2ccc3c(c2)N(C)C(=O)CO3)O[C@@](CCN2CCOC[C@@]23CCN(C(=O)OC(C)(C)C)C3)(C(=O)O)C[C@@H]1O. The van der Waals surface area contributed by atoms with Gasteiger partial charge < -0.3 is 59.8 Å². The van der Waals surface area contributed by atoms with Crippen LogP contribution in [-0.4, -0.2) is 167 Å². The van der Waals surface area contributed by atoms with Crippen LogP contribution in [0.3, 0.4) is 0 Å². The van der Waals surface area contributed by atoms with Gasteiger partial charge in [-0.25, -0.2) is 9.59 Å². The summed E-state index contributed by atoms with van der Waals surface area (Å²) >= 11 is 0. The lowest BCUT2D eigenvalue weighted by Gasteiger charge is -2.49. The lowest BCUT2D eigenvalue weighted by atomic mass is 9.81. The molecule has 4 amide bonds. The molecule has 0 unspecified atom stereocenters. The van der Waals surface area contributed by atoms with Gasteiger partial charge in [0.25, 0.3) is 11.8 Å². The molecule has 0 aliphatic carbocycles. The first kappa shape index (κ1) is 40.1. The fourth-order valence-electron chi connectivity index (χ4n) is 7.36. The third-order valence-electron chi connectivity index (χ3n) is 10.3. The number of carboxylic acids is 1. The Kier molecular flexibility index (Phi) is 11.9. The Morgan fingerprint density at radius 3 is 2.57 bits per heavy atom. The molecule has 294 valence electrons. The Labute approximate surface area is 307 Å². The second-order valence-electron chi connectivity index (χ2n) is 15.2. The molecule has 1 spiro atoms. The number of carbonyl (C=O) groups excluding carboxylic acids is 4. The van der Waals surface area contributed by atoms with E-state index in [0.717, 1.165) is 0 Å². The molecule has 53 heavy (non-hydrogen) atoms. The third-order valence-corrected chi connectivity index (χ3v) is 10.3. The van der Waals surface area contributed by atoms with E-state index in [0.29, 0.717) is 50.7 Å². The number of hydrogen-bond acceptors (Lipinski definition) is 13. The summed E-state index contributed by atoms with van der Waals surface area (Å²) in [6, 6.07) is 3.13. The number of amides is 4. The average molecular weight is 750 g/mol. The number of likely N-dealkylation sites (tertiary alicyclic amines) is 1. The molecule has 4 aliphatic rings. The van der Waals surface area contributed by atoms with Crippen molar-refractivity contribution in [1.29, 1.82) is 0 Å². The summed E-state index contributed by atoms with van der Waals surface area (Å²) < 4.78 is 22.9. The maximum Gasteiger partial charge on any atom is 0.410 e. The molecule has 0 saturated carbocycles. The van der Waals surface area contributed by atoms with Crippen LogP contribution in [0.2, 0.25) is 0 Å². The van der Waals surface area contributed by atoms with Crippen molar-refractivity contribution >= 4 is 35.5 Å². The molecule has 0 aromatic heterocycles. The fraction of sp³-hybridized carbons (Fsp3) is 0.686. The highest BCUT2D eigenvalue weighted by molar-refractivity contribution is 6.01. The molecule has 0 bridgehead atoms. The highest BCUT2D eigenvalue weighted by atomic mass is 16.6. The summed E-state index contributed by atoms with van der Waals surface area (Å²) in [5, 5.41) is 49.3. The van der Waals surface area contributed by atoms with E-state index in [9.17, 15) is 44.4 Å². The molecule has 18 nitrogen and oxygen atoms in total. The fourth-order valence-corrected chi connectivity index (χ4v) is 7.36. The molecular weight excluding hydrogens is 698 g/mol. The first-order chi connectivity index (χ1) is 24.8. The number of likely N-dealkylation sites (N-methyl/N-ethyl adjacent to an activating group) is 1. The predicted octanol–water partition coefficient (Wildman–Crippen LogP) is -0.927. The maximum atomic E-state index is 13.0. The van der Waals surface area contributed by atoms with Crippen molar-refractivity contribution in [1.82, 2.24) is 20.4 Å². The number of benzene rings is 1. The number of aliphatic hydroxyl groups is 3. The Hall–Kier alpha value is -4.07. The standard InChI is InChI=1S/C35H51N5O13/c1-20(41)37-27-23(42)15-35(31(47)48,9-11-40-12-13-50-19-34(40)8-10-39(18-34)32(49)53-33(2,3)4)52-29(27)28(45)24(43)16-36-30(46)21-6-7-25-22(14-21)38(5)26(44)17-51-25/h6-7,14,23-24,27-29,42-43,45H,8-13,15-19H2,1-5H3,(H,36,46)(H,37,41)(H,47,48)/t23-,24+,27+,28+,29+,34-,35+/m0/s1. The van der Waals surface area contributed by atoms with E-state index in [1.54, 1.807) is 32.7 Å². The zero-order valence-electron chi connectivity index (χ0n) is 30.7. The molecule has 4 heterocycles. The second-order valence-corrected chi connectivity index (χ2v) is 15.2. The Bertz CT molecular complexity index is 1570. The van der Waals surface area contributed by atoms with Crippen LogP contribution in [0.5, 0.6) is 5.75 Å². The smallest absolute Gasteiger partial charge is 0.410 e. The van der Waals surface area contributed by atoms with Gasteiger partial charge in [-0.3, -0.25) is 19.3 Å². The summed E-state index contributed by atoms with van der Waals surface area (Å²) in [5.41, 5.74) is -2.85. The first-order valence-electron chi connectivity index (χ1n) is 17.7. The van der Waals surface area contributed by atoms with Crippen LogP contribution >= 0.6 is 0 Å². The Morgan fingerprint density at radius 1 is 1.15 bits per heavy atom. The van der Waals surface area contributed by atoms with Crippen molar-refractivity contribution in [2.45, 2.75) is 94.2 Å². The number of anilines is 1. The number of morpholine rings is 1. The number of ether oxygens (including phenoxy) is 4. The Balaban J connectivity index is 1.29. The van der Waals surface area contributed by atoms with Crippen molar-refractivity contribution in [3.63, 3.8) is 0 Å². The van der Waals surface area contributed by atoms with Gasteiger partial charge in [0, 0.05) is 65.1 Å². The van der Waals surface area contributed by atoms with Gasteiger partial charge in [0.15, 0.2) is 12.2 Å². The van der Waals surface area contributed by atoms with Crippen LogP contribution in [0.25, 0.3) is 0 Å². The minimum Gasteiger partial charge on any atom is -0.482 e. The van der Waals surface area contributed by atoms with Crippen LogP contribution in [0, 0.1) is 0 Å². The van der Waals surface area contributed by atoms with Crippen molar-refractivity contribution in [3.05, 3.63) is 23.8 Å². The van der Waals surface area contributed by atoms with Gasteiger partial charge in [-0.1, -0.05) is 0 Å². The van der Waals surface area contributed by atoms with E-state index in [1.807, 2.05) is 0 Å². The molecule has 5 rings (SSSR count). The van der Waals surface area contributed by atoms with E-state index in [4.69, 9.17) is 18.9 Å². The highest BCUT2D eigenvalue weighted by Gasteiger charge is 2.55. The number of hydrogen-bond donors (Lipinski definition) is 6. The van der Waals surface area contributed by atoms with Crippen molar-refractivity contribution in [3.8, 4) is 5.75 Å². The van der Waals surface area contributed by atoms with Crippen LogP contribution in [0.1, 0.15) is 57.3 Å². The van der Waals surface area contributed by atoms with E-state index < -0.39 is 84.0 Å². The zero-order valence-corrected chi connectivity index (χ0v) is 30.7. The number of aliphatic hydroxyl groups excluding tert-OH is 3. The summed E-state index contributed by atoms with van der Waals surface area (Å²) in [4.78, 5) is 68.1. The molecule has 7 atom stereocenters. The van der Waals surface area contributed by atoms with E-state index >= 15 is 0 Å². The monoisotopic (exact) mass is 749 g/mol. The van der Waals surface area contributed by atoms with Gasteiger partial charge >= 0.3 is 12.1 Å². The number of nitrogens with zero attached hydrogens (tertiary/aromatic N) is 3. The number of nitrogens with one attached hydrogen (secondary N) is 2. The summed E-state index contributed by atoms with van der Waals surface area (Å²) in [5.74, 6) is -2.55. The Morgan fingerprint density at radius 2 is 1.89 bits per heavy atom. The molecule has 18 heteroatoms. The first-order valence-corrected chi connectivity index (χ1v) is 17.7. The average Bonchev–Trinajstić information content (AvgIpc) is 3.52. The summed E-state index contributed by atoms with van der Waals surface area (Å²) in [7, 11) is 1.54. The minimum atomic E-state index is -2.05. The molecule has 4 aliphatic heterocycles. The zero-order chi connectivity index (χ0) is 38.9. The summed E-state index contributed by atoms with van der Waals surface area (Å²) in [6.45, 7) is 7.83. The largest absolute Gasteiger partial charge is 0.482 e. The molecule has 0 radical (unpaired) electrons. The van der Waals surface area contributed by atoms with Gasteiger partial charge in [0.1, 0.15) is 23.6 Å². The van der Waals surface area contributed by atoms with Crippen LogP contribution in [-0.2, 0) is 28.6 Å². The number of aliphatic carboxylic acids is 1. The van der Waals surface area contributed by atoms with Gasteiger partial charge in [0.2, 0.25) is 5.91 Å². The van der Waals surface area contributed by atoms with E-state index in [1.165, 1.54) is 30.0 Å². The van der Waals surface area contributed by atoms with Gasteiger partial charge in [-0.15, -0.1) is 0 Å². The normalized spacial score (nSPS) is 28.8. The number of carboxylic acid groups (broad SMARTS) is 1. The predicted molar refractivity (Wildman–Crippen MR) is 185 cm³/mol. The van der Waals surface area contributed by atoms with Gasteiger partial charge in [0.05, 0.1) is 42.7 Å². The van der Waals surface area contributed by atoms with Gasteiger partial charge in [-0.05, 0) is 45.4 Å². The van der Waals surface area contributed by atoms with Crippen molar-refractivity contribution in [2.24, 2.45) is 0 Å². The summed E-state index contributed by atoms with van der Waals surface area (Å²) in [6.07, 6.45) is -7.24. The number of rotatable bonds is 10. The lowest BCUT2D eigenvalue weighted by molar-refractivity contribution is -0.231. The van der Waals surface area contributed by atoms with Crippen molar-refractivity contribution in [2.75, 3.05) is 64.5 Å². The molecule has 1 aromatic rings. The van der Waals surface area contributed by atoms with Crippen LogP contribution in [0.15, 0.2) is 18.2 Å². The number of fused-ring (bicyclic) bond motifs is 1. The van der Waals surface area contributed by atoms with Crippen LogP contribution in [0.4, 0.5) is 10.5 Å². The van der Waals surface area contributed by atoms with Gasteiger partial charge in [-0.2, -0.15) is 0 Å². The van der Waals surface area contributed by atoms with E-state index in [-0.39, 0.29) is 31.0 Å². The third kappa shape index (κ3) is 8.84. The van der Waals surface area contributed by atoms with E-state index in [2.05, 4.69) is 15.5 Å². The number of carbonyl (C=O) groups is 5. The maximum absolute atomic E-state index is 13.0. The lowest BCUT2D eigenvalue weighted by Crippen LogP contribution is -2.68. The molecular formula is C35H51N5O13. The minimum absolute atomic E-state index is 0.137. The molecule has 6 N–H and O–H groups in total. The van der Waals surface area contributed by atoms with Crippen LogP contribution < -0.4 is 20.3 Å². The molecule has 1 aromatic carbocycles. The quantitative estimate of drug-likeness (QED) is 0.170. The molecule has 3 fully saturated rings. The van der Waals surface area contributed by atoms with Crippen molar-refractivity contribution < 1.29 is 63.3 Å². The topological polar surface area (TPSA) is 237 Å².